The standard InChI is InChI=1S/C10H18O2.ClH/c1-2-6-10(9(11)12)7-4-3-5-8-10;/h2-8H2,1H3,(H,11,12);1H. The third kappa shape index (κ3) is 2.87. The lowest BCUT2D eigenvalue weighted by atomic mass is 9.71. The summed E-state index contributed by atoms with van der Waals surface area (Å²) in [6.45, 7) is 2.07. The van der Waals surface area contributed by atoms with Crippen LogP contribution >= 0.6 is 12.4 Å². The van der Waals surface area contributed by atoms with Gasteiger partial charge in [0.05, 0.1) is 5.41 Å². The first-order valence-electron chi connectivity index (χ1n) is 4.95. The molecule has 3 heteroatoms. The minimum atomic E-state index is -0.566. The fraction of sp³-hybridized carbons (Fsp3) is 0.900. The Morgan fingerprint density at radius 2 is 1.85 bits per heavy atom. The number of aliphatic carboxylic acids is 1. The lowest BCUT2D eigenvalue weighted by Crippen LogP contribution is -2.33. The molecule has 1 rings (SSSR count). The first kappa shape index (κ1) is 12.8. The van der Waals surface area contributed by atoms with Crippen LogP contribution < -0.4 is 0 Å². The Kier molecular flexibility index (Phi) is 5.38. The third-order valence-electron chi connectivity index (χ3n) is 2.99. The second-order valence-corrected chi connectivity index (χ2v) is 3.90. The third-order valence-corrected chi connectivity index (χ3v) is 2.99. The van der Waals surface area contributed by atoms with E-state index in [4.69, 9.17) is 5.11 Å². The maximum atomic E-state index is 11.1. The molecule has 1 aliphatic rings. The minimum Gasteiger partial charge on any atom is -0.481 e. The van der Waals surface area contributed by atoms with Gasteiger partial charge in [-0.2, -0.15) is 0 Å². The van der Waals surface area contributed by atoms with Gasteiger partial charge >= 0.3 is 5.97 Å². The van der Waals surface area contributed by atoms with Crippen molar-refractivity contribution >= 4 is 18.4 Å². The van der Waals surface area contributed by atoms with Crippen molar-refractivity contribution in [1.29, 1.82) is 0 Å². The lowest BCUT2D eigenvalue weighted by Gasteiger charge is -2.32. The molecule has 0 saturated heterocycles. The molecule has 1 fully saturated rings. The van der Waals surface area contributed by atoms with Gasteiger partial charge < -0.3 is 5.11 Å². The van der Waals surface area contributed by atoms with E-state index in [0.29, 0.717) is 0 Å². The molecule has 0 aromatic rings. The zero-order valence-electron chi connectivity index (χ0n) is 8.21. The van der Waals surface area contributed by atoms with Crippen molar-refractivity contribution in [1.82, 2.24) is 0 Å². The van der Waals surface area contributed by atoms with Crippen molar-refractivity contribution in [2.45, 2.75) is 51.9 Å². The zero-order chi connectivity index (χ0) is 9.03. The molecule has 1 N–H and O–H groups in total. The topological polar surface area (TPSA) is 37.3 Å². The van der Waals surface area contributed by atoms with E-state index in [1.54, 1.807) is 0 Å². The number of carboxylic acid groups (broad SMARTS) is 1. The largest absolute Gasteiger partial charge is 0.481 e. The maximum Gasteiger partial charge on any atom is 0.309 e. The molecule has 0 radical (unpaired) electrons. The highest BCUT2D eigenvalue weighted by atomic mass is 35.5. The quantitative estimate of drug-likeness (QED) is 0.770. The molecule has 0 amide bonds. The lowest BCUT2D eigenvalue weighted by molar-refractivity contribution is -0.151. The number of hydrogen-bond acceptors (Lipinski definition) is 1. The number of rotatable bonds is 3. The number of halogens is 1. The molecule has 13 heavy (non-hydrogen) atoms. The molecule has 78 valence electrons. The van der Waals surface area contributed by atoms with Gasteiger partial charge in [-0.3, -0.25) is 4.79 Å². The van der Waals surface area contributed by atoms with Crippen LogP contribution in [0.25, 0.3) is 0 Å². The van der Waals surface area contributed by atoms with Gasteiger partial charge in [-0.25, -0.2) is 0 Å². The first-order chi connectivity index (χ1) is 5.71. The molecule has 0 heterocycles. The van der Waals surface area contributed by atoms with Gasteiger partial charge in [0.2, 0.25) is 0 Å². The van der Waals surface area contributed by atoms with Crippen LogP contribution in [0.5, 0.6) is 0 Å². The Bertz CT molecular complexity index is 157. The average molecular weight is 207 g/mol. The molecule has 0 atom stereocenters. The van der Waals surface area contributed by atoms with E-state index in [9.17, 15) is 4.79 Å². The summed E-state index contributed by atoms with van der Waals surface area (Å²) in [6.07, 6.45) is 7.08. The molecule has 0 unspecified atom stereocenters. The molecule has 0 aliphatic heterocycles. The second kappa shape index (κ2) is 5.48. The van der Waals surface area contributed by atoms with E-state index in [2.05, 4.69) is 6.92 Å². The molecule has 1 aliphatic carbocycles. The summed E-state index contributed by atoms with van der Waals surface area (Å²) in [6, 6.07) is 0. The van der Waals surface area contributed by atoms with Gasteiger partial charge in [0.1, 0.15) is 0 Å². The van der Waals surface area contributed by atoms with Crippen LogP contribution in [0, 0.1) is 5.41 Å². The van der Waals surface area contributed by atoms with Gasteiger partial charge in [0.25, 0.3) is 0 Å². The monoisotopic (exact) mass is 206 g/mol. The summed E-state index contributed by atoms with van der Waals surface area (Å²) in [7, 11) is 0. The SMILES string of the molecule is CCCC1(C(=O)O)CCCCC1.Cl. The number of carboxylic acids is 1. The fourth-order valence-electron chi connectivity index (χ4n) is 2.28. The molecule has 0 spiro atoms. The van der Waals surface area contributed by atoms with E-state index < -0.39 is 5.97 Å². The van der Waals surface area contributed by atoms with Gasteiger partial charge in [0, 0.05) is 0 Å². The molecule has 1 saturated carbocycles. The fourth-order valence-corrected chi connectivity index (χ4v) is 2.28. The Morgan fingerprint density at radius 1 is 1.31 bits per heavy atom. The van der Waals surface area contributed by atoms with Crippen molar-refractivity contribution < 1.29 is 9.90 Å². The number of carbonyl (C=O) groups is 1. The average Bonchev–Trinajstić information content (AvgIpc) is 2.06. The minimum absolute atomic E-state index is 0. The highest BCUT2D eigenvalue weighted by Gasteiger charge is 2.38. The Balaban J connectivity index is 0.00000144. The highest BCUT2D eigenvalue weighted by molar-refractivity contribution is 5.85. The van der Waals surface area contributed by atoms with E-state index in [1.807, 2.05) is 0 Å². The molecule has 0 bridgehead atoms. The first-order valence-corrected chi connectivity index (χ1v) is 4.95. The van der Waals surface area contributed by atoms with Gasteiger partial charge in [-0.1, -0.05) is 32.6 Å². The Morgan fingerprint density at radius 3 is 2.23 bits per heavy atom. The van der Waals surface area contributed by atoms with Gasteiger partial charge in [-0.05, 0) is 19.3 Å². The van der Waals surface area contributed by atoms with Crippen LogP contribution in [0.2, 0.25) is 0 Å². The van der Waals surface area contributed by atoms with E-state index in [0.717, 1.165) is 38.5 Å². The van der Waals surface area contributed by atoms with Crippen molar-refractivity contribution in [3.05, 3.63) is 0 Å². The smallest absolute Gasteiger partial charge is 0.309 e. The van der Waals surface area contributed by atoms with Crippen LogP contribution in [0.1, 0.15) is 51.9 Å². The highest BCUT2D eigenvalue weighted by Crippen LogP contribution is 2.40. The van der Waals surface area contributed by atoms with E-state index in [-0.39, 0.29) is 17.8 Å². The predicted molar refractivity (Wildman–Crippen MR) is 55.3 cm³/mol. The van der Waals surface area contributed by atoms with Crippen LogP contribution in [0.15, 0.2) is 0 Å². The Labute approximate surface area is 86.1 Å². The van der Waals surface area contributed by atoms with Crippen LogP contribution in [0.3, 0.4) is 0 Å². The summed E-state index contributed by atoms with van der Waals surface area (Å²) in [5.41, 5.74) is -0.354. The summed E-state index contributed by atoms with van der Waals surface area (Å²) in [5, 5.41) is 9.12. The molecular formula is C10H19ClO2. The van der Waals surface area contributed by atoms with Crippen molar-refractivity contribution in [3.8, 4) is 0 Å². The molecule has 2 nitrogen and oxygen atoms in total. The second-order valence-electron chi connectivity index (χ2n) is 3.90. The number of hydrogen-bond donors (Lipinski definition) is 1. The molecule has 0 aromatic carbocycles. The van der Waals surface area contributed by atoms with Gasteiger partial charge in [-0.15, -0.1) is 12.4 Å². The van der Waals surface area contributed by atoms with E-state index >= 15 is 0 Å². The van der Waals surface area contributed by atoms with Gasteiger partial charge in [0.15, 0.2) is 0 Å². The predicted octanol–water partition coefficient (Wildman–Crippen LogP) is 3.24. The van der Waals surface area contributed by atoms with Crippen molar-refractivity contribution in [2.24, 2.45) is 5.41 Å². The summed E-state index contributed by atoms with van der Waals surface area (Å²) in [4.78, 5) is 11.1. The molecular weight excluding hydrogens is 188 g/mol. The zero-order valence-corrected chi connectivity index (χ0v) is 9.03. The molecule has 0 aromatic heterocycles. The van der Waals surface area contributed by atoms with Crippen molar-refractivity contribution in [3.63, 3.8) is 0 Å². The summed E-state index contributed by atoms with van der Waals surface area (Å²) < 4.78 is 0. The van der Waals surface area contributed by atoms with Crippen LogP contribution in [0.4, 0.5) is 0 Å². The summed E-state index contributed by atoms with van der Waals surface area (Å²) >= 11 is 0. The van der Waals surface area contributed by atoms with Crippen LogP contribution in [-0.4, -0.2) is 11.1 Å². The summed E-state index contributed by atoms with van der Waals surface area (Å²) in [5.74, 6) is -0.566. The normalized spacial score (nSPS) is 20.4. The van der Waals surface area contributed by atoms with Crippen molar-refractivity contribution in [2.75, 3.05) is 0 Å². The Hall–Kier alpha value is -0.240. The maximum absolute atomic E-state index is 11.1. The van der Waals surface area contributed by atoms with E-state index in [1.165, 1.54) is 6.42 Å². The van der Waals surface area contributed by atoms with Crippen LogP contribution in [-0.2, 0) is 4.79 Å².